The van der Waals surface area contributed by atoms with Gasteiger partial charge in [-0.2, -0.15) is 4.72 Å². The van der Waals surface area contributed by atoms with Gasteiger partial charge in [0.15, 0.2) is 5.78 Å². The third-order valence-electron chi connectivity index (χ3n) is 4.39. The van der Waals surface area contributed by atoms with Crippen molar-refractivity contribution >= 4 is 15.8 Å². The van der Waals surface area contributed by atoms with Gasteiger partial charge in [-0.15, -0.1) is 0 Å². The summed E-state index contributed by atoms with van der Waals surface area (Å²) in [5, 5.41) is 0. The van der Waals surface area contributed by atoms with E-state index < -0.39 is 16.1 Å². The molecule has 0 bridgehead atoms. The van der Waals surface area contributed by atoms with Gasteiger partial charge >= 0.3 is 0 Å². The minimum atomic E-state index is -3.77. The number of ketones is 1. The fourth-order valence-corrected chi connectivity index (χ4v) is 4.04. The number of hydrogen-bond acceptors (Lipinski definition) is 3. The summed E-state index contributed by atoms with van der Waals surface area (Å²) in [5.74, 6) is -0.103. The first kappa shape index (κ1) is 19.0. The molecule has 0 heterocycles. The van der Waals surface area contributed by atoms with Crippen LogP contribution in [0.1, 0.15) is 40.0 Å². The molecule has 0 unspecified atom stereocenters. The lowest BCUT2D eigenvalue weighted by Gasteiger charge is -2.20. The normalized spacial score (nSPS) is 12.5. The molecule has 5 heteroatoms. The van der Waals surface area contributed by atoms with Crippen molar-refractivity contribution < 1.29 is 13.2 Å². The Kier molecular flexibility index (Phi) is 5.54. The van der Waals surface area contributed by atoms with Gasteiger partial charge in [-0.3, -0.25) is 4.79 Å². The van der Waals surface area contributed by atoms with E-state index in [0.29, 0.717) is 5.56 Å². The van der Waals surface area contributed by atoms with E-state index in [0.717, 1.165) is 16.7 Å². The Labute approximate surface area is 159 Å². The first-order valence-corrected chi connectivity index (χ1v) is 10.1. The fraction of sp³-hybridized carbons (Fsp3) is 0.136. The maximum Gasteiger partial charge on any atom is 0.241 e. The first-order chi connectivity index (χ1) is 12.9. The summed E-state index contributed by atoms with van der Waals surface area (Å²) in [4.78, 5) is 11.5. The number of carbonyl (C=O) groups excluding carboxylic acids is 1. The molecule has 1 N–H and O–H groups in total. The van der Waals surface area contributed by atoms with E-state index in [4.69, 9.17) is 0 Å². The lowest BCUT2D eigenvalue weighted by molar-refractivity contribution is 0.101. The van der Waals surface area contributed by atoms with E-state index in [1.54, 1.807) is 0 Å². The largest absolute Gasteiger partial charge is 0.295 e. The van der Waals surface area contributed by atoms with Crippen LogP contribution in [-0.2, 0) is 10.0 Å². The second kappa shape index (κ2) is 7.86. The molecule has 4 nitrogen and oxygen atoms in total. The minimum Gasteiger partial charge on any atom is -0.295 e. The van der Waals surface area contributed by atoms with Gasteiger partial charge in [0.05, 0.1) is 10.9 Å². The Hall–Kier alpha value is -2.76. The molecule has 0 fully saturated rings. The minimum absolute atomic E-state index is 0.103. The number of Topliss-reactive ketones (excluding diaryl/α,β-unsaturated/α-hetero) is 1. The first-order valence-electron chi connectivity index (χ1n) is 8.62. The molecule has 0 radical (unpaired) electrons. The molecule has 0 aliphatic carbocycles. The van der Waals surface area contributed by atoms with Crippen molar-refractivity contribution in [2.75, 3.05) is 0 Å². The van der Waals surface area contributed by atoms with Gasteiger partial charge in [-0.05, 0) is 37.1 Å². The second-order valence-corrected chi connectivity index (χ2v) is 8.17. The van der Waals surface area contributed by atoms with Crippen molar-refractivity contribution in [1.29, 1.82) is 0 Å². The Morgan fingerprint density at radius 3 is 1.93 bits per heavy atom. The highest BCUT2D eigenvalue weighted by Crippen LogP contribution is 2.25. The fourth-order valence-electron chi connectivity index (χ4n) is 2.82. The van der Waals surface area contributed by atoms with Crippen LogP contribution in [0, 0.1) is 6.92 Å². The molecule has 0 saturated carbocycles. The quantitative estimate of drug-likeness (QED) is 0.651. The van der Waals surface area contributed by atoms with Crippen LogP contribution in [0.3, 0.4) is 0 Å². The molecule has 27 heavy (non-hydrogen) atoms. The van der Waals surface area contributed by atoms with E-state index in [1.807, 2.05) is 61.5 Å². The smallest absolute Gasteiger partial charge is 0.241 e. The van der Waals surface area contributed by atoms with Crippen LogP contribution in [0.5, 0.6) is 0 Å². The van der Waals surface area contributed by atoms with E-state index in [2.05, 4.69) is 4.72 Å². The summed E-state index contributed by atoms with van der Waals surface area (Å²) in [6.45, 7) is 3.44. The van der Waals surface area contributed by atoms with Gasteiger partial charge in [0.2, 0.25) is 10.0 Å². The van der Waals surface area contributed by atoms with Crippen molar-refractivity contribution in [2.45, 2.75) is 24.8 Å². The Morgan fingerprint density at radius 2 is 1.37 bits per heavy atom. The third-order valence-corrected chi connectivity index (χ3v) is 5.83. The molecule has 3 aromatic rings. The molecular weight excluding hydrogens is 358 g/mol. The van der Waals surface area contributed by atoms with Crippen molar-refractivity contribution in [3.63, 3.8) is 0 Å². The van der Waals surface area contributed by atoms with Crippen molar-refractivity contribution in [2.24, 2.45) is 0 Å². The van der Waals surface area contributed by atoms with Gasteiger partial charge in [-0.25, -0.2) is 8.42 Å². The van der Waals surface area contributed by atoms with Crippen LogP contribution < -0.4 is 4.72 Å². The molecule has 3 aromatic carbocycles. The number of carbonyl (C=O) groups is 1. The van der Waals surface area contributed by atoms with Crippen LogP contribution in [-0.4, -0.2) is 14.2 Å². The van der Waals surface area contributed by atoms with Crippen molar-refractivity contribution in [3.8, 4) is 0 Å². The van der Waals surface area contributed by atoms with Crippen LogP contribution in [0.4, 0.5) is 0 Å². The molecule has 3 rings (SSSR count). The van der Waals surface area contributed by atoms with E-state index >= 15 is 0 Å². The molecule has 0 amide bonds. The van der Waals surface area contributed by atoms with E-state index in [9.17, 15) is 13.2 Å². The molecule has 0 aliphatic rings. The summed E-state index contributed by atoms with van der Waals surface area (Å²) in [5.41, 5.74) is 3.29. The zero-order valence-corrected chi connectivity index (χ0v) is 16.0. The zero-order chi connectivity index (χ0) is 19.4. The molecular formula is C22H21NO3S. The van der Waals surface area contributed by atoms with Gasteiger partial charge in [0, 0.05) is 5.56 Å². The number of sulfonamides is 1. The van der Waals surface area contributed by atoms with E-state index in [-0.39, 0.29) is 10.7 Å². The standard InChI is InChI=1S/C22H21NO3S/c1-16-8-10-20(11-9-16)22(19-6-4-3-5-7-19)23-27(25,26)21-14-12-18(13-15-21)17(2)24/h3-15,22-23H,1-2H3/t22-/m0/s1. The predicted molar refractivity (Wildman–Crippen MR) is 106 cm³/mol. The van der Waals surface area contributed by atoms with Crippen LogP contribution in [0.25, 0.3) is 0 Å². The highest BCUT2D eigenvalue weighted by atomic mass is 32.2. The topological polar surface area (TPSA) is 63.2 Å². The van der Waals surface area contributed by atoms with Crippen molar-refractivity contribution in [3.05, 3.63) is 101 Å². The third kappa shape index (κ3) is 4.51. The highest BCUT2D eigenvalue weighted by Gasteiger charge is 2.23. The number of aryl methyl sites for hydroxylation is 1. The summed E-state index contributed by atoms with van der Waals surface area (Å²) >= 11 is 0. The Balaban J connectivity index is 1.98. The molecule has 138 valence electrons. The summed E-state index contributed by atoms with van der Waals surface area (Å²) < 4.78 is 28.7. The molecule has 0 saturated heterocycles. The predicted octanol–water partition coefficient (Wildman–Crippen LogP) is 4.27. The maximum atomic E-state index is 12.9. The zero-order valence-electron chi connectivity index (χ0n) is 15.2. The van der Waals surface area contributed by atoms with Crippen LogP contribution in [0.15, 0.2) is 83.8 Å². The summed E-state index contributed by atoms with van der Waals surface area (Å²) in [6, 6.07) is 22.7. The molecule has 0 aromatic heterocycles. The molecule has 1 atom stereocenters. The number of benzene rings is 3. The number of rotatable bonds is 6. The average Bonchev–Trinajstić information content (AvgIpc) is 2.68. The Bertz CT molecular complexity index is 1030. The van der Waals surface area contributed by atoms with E-state index in [1.165, 1.54) is 31.2 Å². The lowest BCUT2D eigenvalue weighted by Crippen LogP contribution is -2.29. The Morgan fingerprint density at radius 1 is 0.815 bits per heavy atom. The molecule has 0 spiro atoms. The van der Waals surface area contributed by atoms with Gasteiger partial charge in [0.1, 0.15) is 0 Å². The van der Waals surface area contributed by atoms with Gasteiger partial charge < -0.3 is 0 Å². The SMILES string of the molecule is CC(=O)c1ccc(S(=O)(=O)N[C@@H](c2ccccc2)c2ccc(C)cc2)cc1. The lowest BCUT2D eigenvalue weighted by atomic mass is 9.99. The summed E-state index contributed by atoms with van der Waals surface area (Å²) in [7, 11) is -3.77. The van der Waals surface area contributed by atoms with Gasteiger partial charge in [-0.1, -0.05) is 72.3 Å². The number of nitrogens with one attached hydrogen (secondary N) is 1. The summed E-state index contributed by atoms with van der Waals surface area (Å²) in [6.07, 6.45) is 0. The number of hydrogen-bond donors (Lipinski definition) is 1. The monoisotopic (exact) mass is 379 g/mol. The second-order valence-electron chi connectivity index (χ2n) is 6.46. The maximum absolute atomic E-state index is 12.9. The van der Waals surface area contributed by atoms with Crippen LogP contribution >= 0.6 is 0 Å². The van der Waals surface area contributed by atoms with Crippen LogP contribution in [0.2, 0.25) is 0 Å². The molecule has 0 aliphatic heterocycles. The average molecular weight is 379 g/mol. The van der Waals surface area contributed by atoms with Gasteiger partial charge in [0.25, 0.3) is 0 Å². The van der Waals surface area contributed by atoms with Crippen molar-refractivity contribution in [1.82, 2.24) is 4.72 Å². The highest BCUT2D eigenvalue weighted by molar-refractivity contribution is 7.89.